The molecule has 5 heteroatoms. The molecule has 0 fully saturated rings. The zero-order valence-electron chi connectivity index (χ0n) is 9.05. The molecule has 0 bridgehead atoms. The number of benzene rings is 1. The van der Waals surface area contributed by atoms with Crippen LogP contribution in [-0.4, -0.2) is 17.1 Å². The largest absolute Gasteiger partial charge is 0.384 e. The Balaban J connectivity index is 2.75. The second kappa shape index (κ2) is 5.27. The number of aliphatic hydroxyl groups is 1. The van der Waals surface area contributed by atoms with Gasteiger partial charge in [-0.05, 0) is 37.1 Å². The lowest BCUT2D eigenvalue weighted by Crippen LogP contribution is -2.32. The van der Waals surface area contributed by atoms with Gasteiger partial charge in [-0.25, -0.2) is 4.39 Å². The van der Waals surface area contributed by atoms with Crippen molar-refractivity contribution in [3.8, 4) is 0 Å². The van der Waals surface area contributed by atoms with E-state index in [1.165, 1.54) is 19.1 Å². The molecular formula is C11H13ClFNO2. The summed E-state index contributed by atoms with van der Waals surface area (Å²) < 4.78 is 13.2. The van der Waals surface area contributed by atoms with Crippen LogP contribution in [0.5, 0.6) is 0 Å². The van der Waals surface area contributed by atoms with Gasteiger partial charge in [0.1, 0.15) is 11.9 Å². The highest BCUT2D eigenvalue weighted by Gasteiger charge is 2.10. The van der Waals surface area contributed by atoms with Crippen LogP contribution in [0.4, 0.5) is 4.39 Å². The van der Waals surface area contributed by atoms with Crippen LogP contribution in [0.2, 0.25) is 5.02 Å². The summed E-state index contributed by atoms with van der Waals surface area (Å²) in [6.45, 7) is 3.06. The van der Waals surface area contributed by atoms with Crippen LogP contribution < -0.4 is 5.32 Å². The number of carbonyl (C=O) groups excluding carboxylic acids is 1. The number of hydrogen-bond donors (Lipinski definition) is 2. The van der Waals surface area contributed by atoms with Crippen LogP contribution in [0.3, 0.4) is 0 Å². The van der Waals surface area contributed by atoms with Crippen molar-refractivity contribution in [2.24, 2.45) is 0 Å². The first-order chi connectivity index (χ1) is 7.41. The lowest BCUT2D eigenvalue weighted by Gasteiger charge is -2.09. The number of nitrogens with one attached hydrogen (secondary N) is 1. The summed E-state index contributed by atoms with van der Waals surface area (Å²) in [5, 5.41) is 11.8. The van der Waals surface area contributed by atoms with E-state index in [9.17, 15) is 9.18 Å². The summed E-state index contributed by atoms with van der Waals surface area (Å²) in [4.78, 5) is 11.1. The van der Waals surface area contributed by atoms with E-state index < -0.39 is 12.0 Å². The van der Waals surface area contributed by atoms with E-state index >= 15 is 0 Å². The highest BCUT2D eigenvalue weighted by Crippen LogP contribution is 2.20. The van der Waals surface area contributed by atoms with Crippen molar-refractivity contribution in [3.05, 3.63) is 34.1 Å². The molecule has 0 saturated carbocycles. The second-order valence-electron chi connectivity index (χ2n) is 3.59. The number of carbonyl (C=O) groups is 1. The van der Waals surface area contributed by atoms with Crippen molar-refractivity contribution in [1.29, 1.82) is 0 Å². The van der Waals surface area contributed by atoms with Crippen molar-refractivity contribution >= 4 is 17.5 Å². The van der Waals surface area contributed by atoms with Crippen molar-refractivity contribution < 1.29 is 14.3 Å². The van der Waals surface area contributed by atoms with E-state index in [-0.39, 0.29) is 12.4 Å². The van der Waals surface area contributed by atoms with Crippen LogP contribution in [0.25, 0.3) is 0 Å². The van der Waals surface area contributed by atoms with Crippen LogP contribution in [0.1, 0.15) is 18.1 Å². The molecule has 0 heterocycles. The predicted molar refractivity (Wildman–Crippen MR) is 59.7 cm³/mol. The fourth-order valence-corrected chi connectivity index (χ4v) is 1.44. The average Bonchev–Trinajstić information content (AvgIpc) is 2.20. The molecule has 1 unspecified atom stereocenters. The summed E-state index contributed by atoms with van der Waals surface area (Å²) in [5.41, 5.74) is 0.939. The fraction of sp³-hybridized carbons (Fsp3) is 0.364. The van der Waals surface area contributed by atoms with Gasteiger partial charge in [-0.15, -0.1) is 0 Å². The third-order valence-corrected chi connectivity index (χ3v) is 2.51. The molecular weight excluding hydrogens is 233 g/mol. The Bertz CT molecular complexity index is 407. The minimum atomic E-state index is -1.09. The first-order valence-corrected chi connectivity index (χ1v) is 5.20. The topological polar surface area (TPSA) is 49.3 Å². The van der Waals surface area contributed by atoms with Gasteiger partial charge in [-0.3, -0.25) is 4.79 Å². The van der Waals surface area contributed by atoms with Gasteiger partial charge in [0.25, 0.3) is 0 Å². The van der Waals surface area contributed by atoms with Crippen LogP contribution >= 0.6 is 11.6 Å². The average molecular weight is 246 g/mol. The normalized spacial score (nSPS) is 12.3. The summed E-state index contributed by atoms with van der Waals surface area (Å²) in [6, 6.07) is 2.78. The van der Waals surface area contributed by atoms with E-state index in [0.717, 1.165) is 0 Å². The molecule has 2 N–H and O–H groups in total. The molecule has 0 aliphatic heterocycles. The molecule has 1 rings (SSSR count). The van der Waals surface area contributed by atoms with Crippen molar-refractivity contribution in [2.45, 2.75) is 26.5 Å². The van der Waals surface area contributed by atoms with E-state index in [1.807, 2.05) is 0 Å². The standard InChI is InChI=1S/C11H13ClFNO2/c1-6-3-9(12)8(4-10(6)13)5-14-11(16)7(2)15/h3-4,7,15H,5H2,1-2H3,(H,14,16). The highest BCUT2D eigenvalue weighted by atomic mass is 35.5. The highest BCUT2D eigenvalue weighted by molar-refractivity contribution is 6.31. The van der Waals surface area contributed by atoms with E-state index in [1.54, 1.807) is 6.92 Å². The maximum Gasteiger partial charge on any atom is 0.248 e. The summed E-state index contributed by atoms with van der Waals surface area (Å²) in [6.07, 6.45) is -1.09. The molecule has 16 heavy (non-hydrogen) atoms. The van der Waals surface area contributed by atoms with Crippen molar-refractivity contribution in [2.75, 3.05) is 0 Å². The minimum absolute atomic E-state index is 0.0970. The quantitative estimate of drug-likeness (QED) is 0.853. The number of amides is 1. The van der Waals surface area contributed by atoms with Gasteiger partial charge in [0.05, 0.1) is 0 Å². The van der Waals surface area contributed by atoms with Gasteiger partial charge in [0, 0.05) is 11.6 Å². The zero-order chi connectivity index (χ0) is 12.3. The van der Waals surface area contributed by atoms with Crippen LogP contribution in [-0.2, 0) is 11.3 Å². The predicted octanol–water partition coefficient (Wildman–Crippen LogP) is 1.78. The number of rotatable bonds is 3. The second-order valence-corrected chi connectivity index (χ2v) is 3.99. The molecule has 0 aromatic heterocycles. The molecule has 1 aromatic carbocycles. The molecule has 1 amide bonds. The first kappa shape index (κ1) is 12.9. The molecule has 0 aliphatic rings. The monoisotopic (exact) mass is 245 g/mol. The zero-order valence-corrected chi connectivity index (χ0v) is 9.81. The molecule has 88 valence electrons. The Morgan fingerprint density at radius 2 is 2.25 bits per heavy atom. The molecule has 0 aliphatic carbocycles. The molecule has 0 radical (unpaired) electrons. The Hall–Kier alpha value is -1.13. The minimum Gasteiger partial charge on any atom is -0.384 e. The Kier molecular flexibility index (Phi) is 4.26. The van der Waals surface area contributed by atoms with Crippen LogP contribution in [0.15, 0.2) is 12.1 Å². The van der Waals surface area contributed by atoms with Crippen LogP contribution in [0, 0.1) is 12.7 Å². The van der Waals surface area contributed by atoms with Gasteiger partial charge in [0.15, 0.2) is 0 Å². The smallest absolute Gasteiger partial charge is 0.248 e. The fourth-order valence-electron chi connectivity index (χ4n) is 1.15. The number of aliphatic hydroxyl groups excluding tert-OH is 1. The SMILES string of the molecule is Cc1cc(Cl)c(CNC(=O)C(C)O)cc1F. The Labute approximate surface area is 98.2 Å². The van der Waals surface area contributed by atoms with E-state index in [0.29, 0.717) is 16.1 Å². The maximum absolute atomic E-state index is 13.2. The third kappa shape index (κ3) is 3.18. The lowest BCUT2D eigenvalue weighted by atomic mass is 10.1. The Morgan fingerprint density at radius 1 is 1.62 bits per heavy atom. The third-order valence-electron chi connectivity index (χ3n) is 2.16. The summed E-state index contributed by atoms with van der Waals surface area (Å²) in [5.74, 6) is -0.886. The van der Waals surface area contributed by atoms with Gasteiger partial charge in [0.2, 0.25) is 5.91 Å². The number of aryl methyl sites for hydroxylation is 1. The van der Waals surface area contributed by atoms with Crippen molar-refractivity contribution in [1.82, 2.24) is 5.32 Å². The first-order valence-electron chi connectivity index (χ1n) is 4.82. The summed E-state index contributed by atoms with van der Waals surface area (Å²) in [7, 11) is 0. The van der Waals surface area contributed by atoms with Gasteiger partial charge in [-0.1, -0.05) is 11.6 Å². The van der Waals surface area contributed by atoms with E-state index in [2.05, 4.69) is 5.32 Å². The van der Waals surface area contributed by atoms with Gasteiger partial charge in [-0.2, -0.15) is 0 Å². The molecule has 0 saturated heterocycles. The maximum atomic E-state index is 13.2. The number of halogens is 2. The summed E-state index contributed by atoms with van der Waals surface area (Å²) >= 11 is 5.88. The van der Waals surface area contributed by atoms with Gasteiger partial charge >= 0.3 is 0 Å². The number of hydrogen-bond acceptors (Lipinski definition) is 2. The molecule has 3 nitrogen and oxygen atoms in total. The molecule has 0 spiro atoms. The van der Waals surface area contributed by atoms with Gasteiger partial charge < -0.3 is 10.4 Å². The Morgan fingerprint density at radius 3 is 2.81 bits per heavy atom. The lowest BCUT2D eigenvalue weighted by molar-refractivity contribution is -0.128. The molecule has 1 aromatic rings. The molecule has 1 atom stereocenters. The van der Waals surface area contributed by atoms with Crippen molar-refractivity contribution in [3.63, 3.8) is 0 Å². The van der Waals surface area contributed by atoms with E-state index in [4.69, 9.17) is 16.7 Å².